The Morgan fingerprint density at radius 3 is 2.30 bits per heavy atom. The van der Waals surface area contributed by atoms with E-state index in [-0.39, 0.29) is 0 Å². The van der Waals surface area contributed by atoms with Crippen molar-refractivity contribution in [3.63, 3.8) is 0 Å². The molecule has 0 bridgehead atoms. The molecule has 1 fully saturated rings. The highest BCUT2D eigenvalue weighted by molar-refractivity contribution is 5.55. The average molecular weight is 271 g/mol. The molecule has 0 aliphatic carbocycles. The minimum atomic E-state index is 0.961. The van der Waals surface area contributed by atoms with E-state index in [0.717, 1.165) is 38.4 Å². The first kappa shape index (κ1) is 14.8. The molecule has 1 aromatic rings. The second-order valence-electron chi connectivity index (χ2n) is 5.27. The molecule has 2 rings (SSSR count). The molecule has 3 heteroatoms. The Bertz CT molecular complexity index is 466. The molecule has 0 unspecified atom stereocenters. The quantitative estimate of drug-likeness (QED) is 0.784. The number of allylic oxidation sites excluding steroid dienone is 1. The minimum absolute atomic E-state index is 0.961. The first-order valence-electron chi connectivity index (χ1n) is 7.40. The largest absolute Gasteiger partial charge is 0.369 e. The van der Waals surface area contributed by atoms with Crippen molar-refractivity contribution in [2.45, 2.75) is 20.8 Å². The summed E-state index contributed by atoms with van der Waals surface area (Å²) in [5.74, 6) is 0. The highest BCUT2D eigenvalue weighted by Crippen LogP contribution is 2.17. The fourth-order valence-electron chi connectivity index (χ4n) is 2.52. The van der Waals surface area contributed by atoms with Crippen LogP contribution in [0.2, 0.25) is 0 Å². The predicted molar refractivity (Wildman–Crippen MR) is 87.8 cm³/mol. The molecule has 1 aliphatic heterocycles. The van der Waals surface area contributed by atoms with Crippen molar-refractivity contribution in [2.24, 2.45) is 4.99 Å². The van der Waals surface area contributed by atoms with Crippen LogP contribution in [0, 0.1) is 6.92 Å². The molecule has 1 saturated heterocycles. The van der Waals surface area contributed by atoms with Crippen LogP contribution in [0.25, 0.3) is 0 Å². The van der Waals surface area contributed by atoms with Crippen molar-refractivity contribution in [2.75, 3.05) is 37.6 Å². The van der Waals surface area contributed by atoms with E-state index in [2.05, 4.69) is 59.0 Å². The average Bonchev–Trinajstić information content (AvgIpc) is 2.48. The standard InChI is InChI=1S/C17H25N3/c1-4-16(18-5-2)14-19-10-12-20(13-11-19)17-8-6-15(3)7-9-17/h4-9H,10-14H2,1-3H3. The molecule has 1 aliphatic rings. The lowest BCUT2D eigenvalue weighted by molar-refractivity contribution is 0.277. The van der Waals surface area contributed by atoms with Crippen molar-refractivity contribution in [3.8, 4) is 0 Å². The lowest BCUT2D eigenvalue weighted by Crippen LogP contribution is -2.46. The van der Waals surface area contributed by atoms with Crippen LogP contribution in [0.5, 0.6) is 0 Å². The molecular weight excluding hydrogens is 246 g/mol. The maximum atomic E-state index is 4.40. The van der Waals surface area contributed by atoms with E-state index in [4.69, 9.17) is 0 Å². The number of piperazine rings is 1. The van der Waals surface area contributed by atoms with E-state index >= 15 is 0 Å². The first-order valence-corrected chi connectivity index (χ1v) is 7.40. The monoisotopic (exact) mass is 271 g/mol. The lowest BCUT2D eigenvalue weighted by atomic mass is 10.2. The first-order chi connectivity index (χ1) is 9.72. The molecule has 1 aromatic carbocycles. The van der Waals surface area contributed by atoms with Gasteiger partial charge in [-0.25, -0.2) is 0 Å². The third-order valence-electron chi connectivity index (χ3n) is 3.79. The van der Waals surface area contributed by atoms with Crippen LogP contribution in [0.4, 0.5) is 5.69 Å². The molecule has 0 spiro atoms. The highest BCUT2D eigenvalue weighted by Gasteiger charge is 2.17. The molecule has 0 radical (unpaired) electrons. The molecule has 108 valence electrons. The van der Waals surface area contributed by atoms with Gasteiger partial charge >= 0.3 is 0 Å². The molecule has 0 aromatic heterocycles. The van der Waals surface area contributed by atoms with E-state index < -0.39 is 0 Å². The van der Waals surface area contributed by atoms with Gasteiger partial charge in [0.05, 0.1) is 0 Å². The van der Waals surface area contributed by atoms with Gasteiger partial charge in [0, 0.05) is 50.3 Å². The summed E-state index contributed by atoms with van der Waals surface area (Å²) in [5, 5.41) is 0. The van der Waals surface area contributed by atoms with E-state index in [0.29, 0.717) is 0 Å². The number of anilines is 1. The minimum Gasteiger partial charge on any atom is -0.369 e. The van der Waals surface area contributed by atoms with E-state index in [1.165, 1.54) is 11.3 Å². The zero-order chi connectivity index (χ0) is 14.4. The van der Waals surface area contributed by atoms with Gasteiger partial charge in [0.25, 0.3) is 0 Å². The zero-order valence-corrected chi connectivity index (χ0v) is 12.8. The summed E-state index contributed by atoms with van der Waals surface area (Å²) in [7, 11) is 0. The molecule has 1 heterocycles. The number of nitrogens with zero attached hydrogens (tertiary/aromatic N) is 3. The summed E-state index contributed by atoms with van der Waals surface area (Å²) in [6, 6.07) is 8.83. The fourth-order valence-corrected chi connectivity index (χ4v) is 2.52. The molecular formula is C17H25N3. The number of rotatable bonds is 4. The third kappa shape index (κ3) is 3.94. The van der Waals surface area contributed by atoms with Gasteiger partial charge in [0.2, 0.25) is 0 Å². The molecule has 0 amide bonds. The van der Waals surface area contributed by atoms with Crippen molar-refractivity contribution >= 4 is 11.9 Å². The van der Waals surface area contributed by atoms with Gasteiger partial charge in [-0.1, -0.05) is 23.8 Å². The van der Waals surface area contributed by atoms with Crippen molar-refractivity contribution < 1.29 is 0 Å². The summed E-state index contributed by atoms with van der Waals surface area (Å²) >= 11 is 0. The molecule has 0 saturated carbocycles. The van der Waals surface area contributed by atoms with Crippen molar-refractivity contribution in [1.29, 1.82) is 0 Å². The summed E-state index contributed by atoms with van der Waals surface area (Å²) in [5.41, 5.74) is 3.83. The van der Waals surface area contributed by atoms with E-state index in [9.17, 15) is 0 Å². The second kappa shape index (κ2) is 7.25. The van der Waals surface area contributed by atoms with Gasteiger partial charge < -0.3 is 4.90 Å². The van der Waals surface area contributed by atoms with Crippen LogP contribution in [-0.4, -0.2) is 43.8 Å². The predicted octanol–water partition coefficient (Wildman–Crippen LogP) is 3.11. The number of benzene rings is 1. The Kier molecular flexibility index (Phi) is 5.36. The maximum absolute atomic E-state index is 4.40. The SMILES string of the molecule is CC=NC(=CC)CN1CCN(c2ccc(C)cc2)CC1. The molecule has 0 atom stereocenters. The molecule has 0 N–H and O–H groups in total. The maximum Gasteiger partial charge on any atom is 0.0497 e. The smallest absolute Gasteiger partial charge is 0.0497 e. The van der Waals surface area contributed by atoms with Gasteiger partial charge in [0.1, 0.15) is 0 Å². The Morgan fingerprint density at radius 2 is 1.75 bits per heavy atom. The van der Waals surface area contributed by atoms with Crippen molar-refractivity contribution in [1.82, 2.24) is 4.90 Å². The highest BCUT2D eigenvalue weighted by atomic mass is 15.3. The zero-order valence-electron chi connectivity index (χ0n) is 12.8. The van der Waals surface area contributed by atoms with Crippen LogP contribution in [0.3, 0.4) is 0 Å². The summed E-state index contributed by atoms with van der Waals surface area (Å²) < 4.78 is 0. The number of hydrogen-bond donors (Lipinski definition) is 0. The molecule has 3 nitrogen and oxygen atoms in total. The van der Waals surface area contributed by atoms with Gasteiger partial charge in [-0.15, -0.1) is 0 Å². The Balaban J connectivity index is 1.87. The van der Waals surface area contributed by atoms with Gasteiger partial charge in [-0.2, -0.15) is 0 Å². The number of aliphatic imine (C=N–C) groups is 1. The summed E-state index contributed by atoms with van der Waals surface area (Å²) in [4.78, 5) is 9.35. The number of aryl methyl sites for hydroxylation is 1. The van der Waals surface area contributed by atoms with Crippen molar-refractivity contribution in [3.05, 3.63) is 41.6 Å². The van der Waals surface area contributed by atoms with Crippen LogP contribution >= 0.6 is 0 Å². The summed E-state index contributed by atoms with van der Waals surface area (Å²) in [6.45, 7) is 11.5. The van der Waals surface area contributed by atoms with Gasteiger partial charge in [0.15, 0.2) is 0 Å². The van der Waals surface area contributed by atoms with Crippen LogP contribution in [0.15, 0.2) is 41.0 Å². The fraction of sp³-hybridized carbons (Fsp3) is 0.471. The normalized spacial score (nSPS) is 17.9. The Morgan fingerprint density at radius 1 is 1.10 bits per heavy atom. The summed E-state index contributed by atoms with van der Waals surface area (Å²) in [6.07, 6.45) is 3.98. The van der Waals surface area contributed by atoms with Crippen LogP contribution in [-0.2, 0) is 0 Å². The topological polar surface area (TPSA) is 18.8 Å². The number of hydrogen-bond acceptors (Lipinski definition) is 3. The van der Waals surface area contributed by atoms with E-state index in [1.807, 2.05) is 13.1 Å². The lowest BCUT2D eigenvalue weighted by Gasteiger charge is -2.36. The Labute approximate surface area is 122 Å². The van der Waals surface area contributed by atoms with Crippen LogP contribution in [0.1, 0.15) is 19.4 Å². The Hall–Kier alpha value is -1.61. The van der Waals surface area contributed by atoms with Gasteiger partial charge in [-0.3, -0.25) is 9.89 Å². The van der Waals surface area contributed by atoms with Gasteiger partial charge in [-0.05, 0) is 32.9 Å². The molecule has 20 heavy (non-hydrogen) atoms. The third-order valence-corrected chi connectivity index (χ3v) is 3.79. The van der Waals surface area contributed by atoms with Crippen LogP contribution < -0.4 is 4.90 Å². The second-order valence-corrected chi connectivity index (χ2v) is 5.27. The van der Waals surface area contributed by atoms with E-state index in [1.54, 1.807) is 0 Å².